The van der Waals surface area contributed by atoms with Gasteiger partial charge in [-0.05, 0) is 63.9 Å². The summed E-state index contributed by atoms with van der Waals surface area (Å²) in [5.41, 5.74) is 4.18. The maximum absolute atomic E-state index is 5.90. The SMILES string of the molecule is CCOc1ccc(-c2nc(-c3cccc4c3CCN4C3COC(C)(C)OC3)no2)cc1OCC. The third kappa shape index (κ3) is 4.35. The molecule has 2 aromatic carbocycles. The summed E-state index contributed by atoms with van der Waals surface area (Å²) in [7, 11) is 0. The first-order chi connectivity index (χ1) is 16.5. The maximum Gasteiger partial charge on any atom is 0.258 e. The molecule has 0 aliphatic carbocycles. The van der Waals surface area contributed by atoms with Gasteiger partial charge in [0.2, 0.25) is 5.82 Å². The lowest BCUT2D eigenvalue weighted by Crippen LogP contribution is -2.50. The summed E-state index contributed by atoms with van der Waals surface area (Å²) in [4.78, 5) is 7.09. The first kappa shape index (κ1) is 22.7. The molecule has 3 aromatic rings. The second-order valence-electron chi connectivity index (χ2n) is 8.87. The van der Waals surface area contributed by atoms with Gasteiger partial charge in [0.15, 0.2) is 17.3 Å². The number of hydrogen-bond donors (Lipinski definition) is 0. The lowest BCUT2D eigenvalue weighted by molar-refractivity contribution is -0.249. The van der Waals surface area contributed by atoms with Crippen molar-refractivity contribution < 1.29 is 23.5 Å². The molecular weight excluding hydrogens is 434 g/mol. The topological polar surface area (TPSA) is 79.1 Å². The third-order valence-corrected chi connectivity index (χ3v) is 6.21. The molecule has 5 rings (SSSR count). The lowest BCUT2D eigenvalue weighted by atomic mass is 10.0. The van der Waals surface area contributed by atoms with Crippen LogP contribution in [0.4, 0.5) is 5.69 Å². The van der Waals surface area contributed by atoms with Gasteiger partial charge in [-0.2, -0.15) is 4.98 Å². The fraction of sp³-hybridized carbons (Fsp3) is 0.462. The minimum Gasteiger partial charge on any atom is -0.490 e. The molecule has 1 saturated heterocycles. The fourth-order valence-electron chi connectivity index (χ4n) is 4.55. The zero-order valence-corrected chi connectivity index (χ0v) is 20.2. The summed E-state index contributed by atoms with van der Waals surface area (Å²) >= 11 is 0. The van der Waals surface area contributed by atoms with Gasteiger partial charge in [-0.15, -0.1) is 0 Å². The average molecular weight is 466 g/mol. The van der Waals surface area contributed by atoms with E-state index in [1.807, 2.05) is 52.0 Å². The van der Waals surface area contributed by atoms with Crippen LogP contribution in [0.3, 0.4) is 0 Å². The smallest absolute Gasteiger partial charge is 0.258 e. The van der Waals surface area contributed by atoms with E-state index < -0.39 is 5.79 Å². The monoisotopic (exact) mass is 465 g/mol. The van der Waals surface area contributed by atoms with Crippen molar-refractivity contribution in [1.82, 2.24) is 10.1 Å². The zero-order valence-electron chi connectivity index (χ0n) is 20.2. The van der Waals surface area contributed by atoms with Crippen LogP contribution in [0.2, 0.25) is 0 Å². The van der Waals surface area contributed by atoms with Crippen LogP contribution in [0.25, 0.3) is 22.8 Å². The number of anilines is 1. The fourth-order valence-corrected chi connectivity index (χ4v) is 4.55. The highest BCUT2D eigenvalue weighted by molar-refractivity contribution is 5.74. The number of benzene rings is 2. The van der Waals surface area contributed by atoms with E-state index in [1.54, 1.807) is 0 Å². The van der Waals surface area contributed by atoms with Gasteiger partial charge in [0, 0.05) is 23.4 Å². The minimum absolute atomic E-state index is 0.186. The van der Waals surface area contributed by atoms with Crippen molar-refractivity contribution in [2.75, 3.05) is 37.9 Å². The highest BCUT2D eigenvalue weighted by atomic mass is 16.7. The van der Waals surface area contributed by atoms with E-state index >= 15 is 0 Å². The van der Waals surface area contributed by atoms with Crippen molar-refractivity contribution in [3.63, 3.8) is 0 Å². The Balaban J connectivity index is 1.41. The molecule has 0 bridgehead atoms. The van der Waals surface area contributed by atoms with Crippen molar-refractivity contribution in [3.05, 3.63) is 42.0 Å². The molecule has 0 N–H and O–H groups in total. The van der Waals surface area contributed by atoms with Crippen molar-refractivity contribution in [3.8, 4) is 34.3 Å². The van der Waals surface area contributed by atoms with Crippen LogP contribution in [0.1, 0.15) is 33.3 Å². The molecule has 0 atom stereocenters. The van der Waals surface area contributed by atoms with Crippen LogP contribution in [0.15, 0.2) is 40.9 Å². The summed E-state index contributed by atoms with van der Waals surface area (Å²) in [6.45, 7) is 11.1. The summed E-state index contributed by atoms with van der Waals surface area (Å²) in [5, 5.41) is 4.31. The number of nitrogens with zero attached hydrogens (tertiary/aromatic N) is 3. The molecule has 2 aliphatic heterocycles. The number of aromatic nitrogens is 2. The quantitative estimate of drug-likeness (QED) is 0.496. The van der Waals surface area contributed by atoms with Crippen LogP contribution >= 0.6 is 0 Å². The van der Waals surface area contributed by atoms with Gasteiger partial charge in [0.25, 0.3) is 5.89 Å². The molecule has 34 heavy (non-hydrogen) atoms. The summed E-state index contributed by atoms with van der Waals surface area (Å²) < 4.78 is 28.9. The Morgan fingerprint density at radius 1 is 1.03 bits per heavy atom. The standard InChI is InChI=1S/C26H31N3O5/c1-5-30-22-11-10-17(14-23(22)31-6-2)25-27-24(28-34-25)20-8-7-9-21-19(20)12-13-29(21)18-15-32-26(3,4)33-16-18/h7-11,14,18H,5-6,12-13,15-16H2,1-4H3. The molecule has 1 aromatic heterocycles. The molecule has 3 heterocycles. The maximum atomic E-state index is 5.90. The van der Waals surface area contributed by atoms with E-state index in [1.165, 1.54) is 11.3 Å². The molecule has 8 nitrogen and oxygen atoms in total. The predicted octanol–water partition coefficient (Wildman–Crippen LogP) is 4.72. The van der Waals surface area contributed by atoms with Crippen molar-refractivity contribution >= 4 is 5.69 Å². The molecule has 0 radical (unpaired) electrons. The summed E-state index contributed by atoms with van der Waals surface area (Å²) in [6.07, 6.45) is 0.910. The Hall–Kier alpha value is -3.10. The van der Waals surface area contributed by atoms with Crippen LogP contribution in [-0.2, 0) is 15.9 Å². The number of ether oxygens (including phenoxy) is 4. The van der Waals surface area contributed by atoms with Crippen LogP contribution in [0, 0.1) is 0 Å². The van der Waals surface area contributed by atoms with Gasteiger partial charge in [-0.3, -0.25) is 0 Å². The summed E-state index contributed by atoms with van der Waals surface area (Å²) in [6, 6.07) is 12.1. The number of fused-ring (bicyclic) bond motifs is 1. The molecule has 0 unspecified atom stereocenters. The van der Waals surface area contributed by atoms with E-state index in [0.29, 0.717) is 49.6 Å². The zero-order chi connectivity index (χ0) is 23.7. The lowest BCUT2D eigenvalue weighted by Gasteiger charge is -2.39. The van der Waals surface area contributed by atoms with Crippen molar-refractivity contribution in [2.24, 2.45) is 0 Å². The molecule has 0 spiro atoms. The second kappa shape index (κ2) is 9.27. The Bertz CT molecular complexity index is 1150. The van der Waals surface area contributed by atoms with Gasteiger partial charge in [0.1, 0.15) is 0 Å². The van der Waals surface area contributed by atoms with Gasteiger partial charge in [-0.25, -0.2) is 0 Å². The third-order valence-electron chi connectivity index (χ3n) is 6.21. The Kier molecular flexibility index (Phi) is 6.18. The van der Waals surface area contributed by atoms with E-state index in [0.717, 1.165) is 24.1 Å². The molecular formula is C26H31N3O5. The van der Waals surface area contributed by atoms with Gasteiger partial charge < -0.3 is 28.4 Å². The molecule has 1 fully saturated rings. The normalized spacial score (nSPS) is 17.6. The van der Waals surface area contributed by atoms with Crippen LogP contribution in [-0.4, -0.2) is 54.9 Å². The average Bonchev–Trinajstić information content (AvgIpc) is 3.48. The molecule has 2 aliphatic rings. The molecule has 0 saturated carbocycles. The molecule has 8 heteroatoms. The van der Waals surface area contributed by atoms with Gasteiger partial charge in [-0.1, -0.05) is 17.3 Å². The van der Waals surface area contributed by atoms with E-state index in [-0.39, 0.29) is 6.04 Å². The molecule has 180 valence electrons. The van der Waals surface area contributed by atoms with Crippen LogP contribution in [0.5, 0.6) is 11.5 Å². The summed E-state index contributed by atoms with van der Waals surface area (Å²) in [5.74, 6) is 1.87. The Morgan fingerprint density at radius 2 is 1.79 bits per heavy atom. The van der Waals surface area contributed by atoms with Crippen LogP contribution < -0.4 is 14.4 Å². The first-order valence-electron chi connectivity index (χ1n) is 11.9. The number of hydrogen-bond acceptors (Lipinski definition) is 8. The first-order valence-corrected chi connectivity index (χ1v) is 11.9. The largest absolute Gasteiger partial charge is 0.490 e. The highest BCUT2D eigenvalue weighted by Gasteiger charge is 2.35. The van der Waals surface area contributed by atoms with E-state index in [2.05, 4.69) is 22.2 Å². The molecule has 0 amide bonds. The van der Waals surface area contributed by atoms with E-state index in [4.69, 9.17) is 28.5 Å². The minimum atomic E-state index is -0.523. The van der Waals surface area contributed by atoms with Crippen molar-refractivity contribution in [1.29, 1.82) is 0 Å². The van der Waals surface area contributed by atoms with Gasteiger partial charge in [0.05, 0.1) is 32.5 Å². The Morgan fingerprint density at radius 3 is 2.56 bits per heavy atom. The second-order valence-corrected chi connectivity index (χ2v) is 8.87. The Labute approximate surface area is 199 Å². The predicted molar refractivity (Wildman–Crippen MR) is 128 cm³/mol. The highest BCUT2D eigenvalue weighted by Crippen LogP contribution is 2.38. The number of rotatable bonds is 7. The van der Waals surface area contributed by atoms with Crippen molar-refractivity contribution in [2.45, 2.75) is 45.9 Å². The van der Waals surface area contributed by atoms with E-state index in [9.17, 15) is 0 Å². The van der Waals surface area contributed by atoms with Gasteiger partial charge >= 0.3 is 0 Å².